The van der Waals surface area contributed by atoms with Crippen molar-refractivity contribution in [1.29, 1.82) is 0 Å². The molecule has 1 amide bonds. The van der Waals surface area contributed by atoms with E-state index in [0.29, 0.717) is 6.42 Å². The number of aromatic nitrogens is 2. The van der Waals surface area contributed by atoms with E-state index in [9.17, 15) is 9.18 Å². The molecule has 0 spiro atoms. The normalized spacial score (nSPS) is 15.5. The first-order valence-electron chi connectivity index (χ1n) is 11.2. The lowest BCUT2D eigenvalue weighted by molar-refractivity contribution is -0.126. The number of carbonyl (C=O) groups excluding carboxylic acids is 1. The van der Waals surface area contributed by atoms with Crippen LogP contribution in [0.15, 0.2) is 54.6 Å². The molecule has 2 aromatic carbocycles. The van der Waals surface area contributed by atoms with E-state index >= 15 is 0 Å². The Morgan fingerprint density at radius 2 is 1.84 bits per heavy atom. The van der Waals surface area contributed by atoms with Gasteiger partial charge in [-0.25, -0.2) is 9.37 Å². The Morgan fingerprint density at radius 3 is 2.56 bits per heavy atom. The minimum absolute atomic E-state index is 0.0528. The first-order valence-corrected chi connectivity index (χ1v) is 12.0. The molecule has 168 valence electrons. The van der Waals surface area contributed by atoms with Crippen molar-refractivity contribution in [1.82, 2.24) is 14.7 Å². The number of anilines is 1. The Bertz CT molecular complexity index is 1000. The first-order chi connectivity index (χ1) is 15.6. The Morgan fingerprint density at radius 1 is 1.12 bits per heavy atom. The third-order valence-corrected chi connectivity index (χ3v) is 6.78. The number of nitrogens with zero attached hydrogens (tertiary/aromatic N) is 3. The maximum Gasteiger partial charge on any atom is 0.223 e. The average Bonchev–Trinajstić information content (AvgIpc) is 3.28. The van der Waals surface area contributed by atoms with Gasteiger partial charge in [0.1, 0.15) is 11.6 Å². The molecule has 1 fully saturated rings. The Balaban J connectivity index is 1.22. The summed E-state index contributed by atoms with van der Waals surface area (Å²) in [5.74, 6) is 0.735. The number of benzene rings is 2. The molecule has 1 aliphatic rings. The maximum absolute atomic E-state index is 13.1. The molecular formula is C25H29FN4OS. The molecule has 1 atom stereocenters. The lowest BCUT2D eigenvalue weighted by Gasteiger charge is -2.31. The van der Waals surface area contributed by atoms with E-state index < -0.39 is 0 Å². The summed E-state index contributed by atoms with van der Waals surface area (Å²) >= 11 is 1.39. The van der Waals surface area contributed by atoms with Crippen LogP contribution in [0.3, 0.4) is 0 Å². The van der Waals surface area contributed by atoms with Crippen LogP contribution in [0.25, 0.3) is 0 Å². The second-order valence-electron chi connectivity index (χ2n) is 8.49. The number of nitrogens with one attached hydrogen (secondary N) is 1. The fourth-order valence-corrected chi connectivity index (χ4v) is 4.76. The smallest absolute Gasteiger partial charge is 0.223 e. The van der Waals surface area contributed by atoms with Crippen molar-refractivity contribution in [3.8, 4) is 0 Å². The van der Waals surface area contributed by atoms with Gasteiger partial charge in [0.15, 0.2) is 0 Å². The number of rotatable bonds is 8. The molecule has 1 aliphatic heterocycles. The van der Waals surface area contributed by atoms with E-state index in [1.54, 1.807) is 12.1 Å². The van der Waals surface area contributed by atoms with Crippen molar-refractivity contribution >= 4 is 22.6 Å². The third-order valence-electron chi connectivity index (χ3n) is 5.97. The summed E-state index contributed by atoms with van der Waals surface area (Å²) in [6.07, 6.45) is 4.15. The van der Waals surface area contributed by atoms with Crippen LogP contribution in [0.4, 0.5) is 9.52 Å². The van der Waals surface area contributed by atoms with E-state index in [1.165, 1.54) is 29.2 Å². The zero-order valence-corrected chi connectivity index (χ0v) is 19.2. The van der Waals surface area contributed by atoms with Gasteiger partial charge in [0.2, 0.25) is 11.0 Å². The number of aryl methyl sites for hydroxylation is 1. The summed E-state index contributed by atoms with van der Waals surface area (Å²) in [6.45, 7) is 3.70. The molecule has 3 aromatic rings. The number of piperidine rings is 1. The highest BCUT2D eigenvalue weighted by Gasteiger charge is 2.27. The second kappa shape index (κ2) is 10.7. The summed E-state index contributed by atoms with van der Waals surface area (Å²) in [6, 6.07) is 17.0. The molecule has 2 heterocycles. The van der Waals surface area contributed by atoms with Crippen molar-refractivity contribution in [2.24, 2.45) is 5.92 Å². The van der Waals surface area contributed by atoms with Crippen molar-refractivity contribution in [3.05, 3.63) is 77.4 Å². The Labute approximate surface area is 192 Å². The van der Waals surface area contributed by atoms with Gasteiger partial charge in [-0.1, -0.05) is 42.5 Å². The van der Waals surface area contributed by atoms with Crippen LogP contribution in [0.5, 0.6) is 0 Å². The zero-order chi connectivity index (χ0) is 22.3. The van der Waals surface area contributed by atoms with Crippen LogP contribution in [0.2, 0.25) is 0 Å². The van der Waals surface area contributed by atoms with Gasteiger partial charge >= 0.3 is 0 Å². The molecule has 0 aliphatic carbocycles. The monoisotopic (exact) mass is 452 g/mol. The lowest BCUT2D eigenvalue weighted by atomic mass is 9.95. The number of hydrogen-bond acceptors (Lipinski definition) is 5. The molecule has 7 heteroatoms. The topological polar surface area (TPSA) is 58.1 Å². The van der Waals surface area contributed by atoms with Crippen LogP contribution in [-0.4, -0.2) is 34.4 Å². The van der Waals surface area contributed by atoms with Crippen LogP contribution in [-0.2, 0) is 17.6 Å². The highest BCUT2D eigenvalue weighted by molar-refractivity contribution is 7.09. The molecule has 4 rings (SSSR count). The number of carbonyl (C=O) groups is 1. The molecule has 1 aromatic heterocycles. The highest BCUT2D eigenvalue weighted by atomic mass is 32.1. The van der Waals surface area contributed by atoms with Crippen molar-refractivity contribution in [2.75, 3.05) is 18.0 Å². The summed E-state index contributed by atoms with van der Waals surface area (Å²) in [7, 11) is 0. The Kier molecular flexibility index (Phi) is 7.47. The van der Waals surface area contributed by atoms with E-state index in [2.05, 4.69) is 50.8 Å². The molecule has 0 bridgehead atoms. The van der Waals surface area contributed by atoms with Crippen molar-refractivity contribution < 1.29 is 9.18 Å². The highest BCUT2D eigenvalue weighted by Crippen LogP contribution is 2.25. The first kappa shape index (κ1) is 22.4. The number of hydrogen-bond donors (Lipinski definition) is 1. The van der Waals surface area contributed by atoms with Gasteiger partial charge in [0, 0.05) is 43.0 Å². The molecule has 1 saturated heterocycles. The van der Waals surface area contributed by atoms with E-state index in [0.717, 1.165) is 55.3 Å². The third kappa shape index (κ3) is 6.13. The van der Waals surface area contributed by atoms with E-state index in [4.69, 9.17) is 0 Å². The van der Waals surface area contributed by atoms with Gasteiger partial charge in [-0.05, 0) is 55.9 Å². The van der Waals surface area contributed by atoms with Gasteiger partial charge in [-0.2, -0.15) is 4.37 Å². The Hall–Kier alpha value is -2.80. The average molecular weight is 453 g/mol. The summed E-state index contributed by atoms with van der Waals surface area (Å²) < 4.78 is 17.5. The summed E-state index contributed by atoms with van der Waals surface area (Å²) in [4.78, 5) is 19.6. The minimum Gasteiger partial charge on any atom is -0.353 e. The van der Waals surface area contributed by atoms with Crippen LogP contribution in [0, 0.1) is 11.7 Å². The lowest BCUT2D eigenvalue weighted by Crippen LogP contribution is -2.43. The second-order valence-corrected chi connectivity index (χ2v) is 9.22. The van der Waals surface area contributed by atoms with Crippen LogP contribution in [0.1, 0.15) is 43.1 Å². The molecule has 1 N–H and O–H groups in total. The SMILES string of the molecule is CC(CCc1ccccc1)NC(=O)C1CCN(c2nc(Cc3ccc(F)cc3)ns2)CC1. The van der Waals surface area contributed by atoms with Crippen molar-refractivity contribution in [3.63, 3.8) is 0 Å². The molecule has 32 heavy (non-hydrogen) atoms. The molecular weight excluding hydrogens is 423 g/mol. The minimum atomic E-state index is -0.238. The predicted molar refractivity (Wildman–Crippen MR) is 126 cm³/mol. The van der Waals surface area contributed by atoms with E-state index in [1.807, 2.05) is 6.07 Å². The van der Waals surface area contributed by atoms with Gasteiger partial charge in [0.25, 0.3) is 0 Å². The largest absolute Gasteiger partial charge is 0.353 e. The van der Waals surface area contributed by atoms with Crippen LogP contribution < -0.4 is 10.2 Å². The van der Waals surface area contributed by atoms with Gasteiger partial charge in [-0.3, -0.25) is 4.79 Å². The van der Waals surface area contributed by atoms with Gasteiger partial charge in [0.05, 0.1) is 0 Å². The fourth-order valence-electron chi connectivity index (χ4n) is 4.02. The number of amides is 1. The predicted octanol–water partition coefficient (Wildman–Crippen LogP) is 4.62. The van der Waals surface area contributed by atoms with Crippen LogP contribution >= 0.6 is 11.5 Å². The number of halogens is 1. The van der Waals surface area contributed by atoms with Gasteiger partial charge < -0.3 is 10.2 Å². The van der Waals surface area contributed by atoms with Gasteiger partial charge in [-0.15, -0.1) is 0 Å². The fraction of sp³-hybridized carbons (Fsp3) is 0.400. The maximum atomic E-state index is 13.1. The standard InChI is InChI=1S/C25H29FN4OS/c1-18(7-8-19-5-3-2-4-6-19)27-24(31)21-13-15-30(16-14-21)25-28-23(29-32-25)17-20-9-11-22(26)12-10-20/h2-6,9-12,18,21H,7-8,13-17H2,1H3,(H,27,31). The quantitative estimate of drug-likeness (QED) is 0.542. The van der Waals surface area contributed by atoms with Crippen molar-refractivity contribution in [2.45, 2.75) is 45.1 Å². The summed E-state index contributed by atoms with van der Waals surface area (Å²) in [5, 5.41) is 4.10. The molecule has 5 nitrogen and oxygen atoms in total. The van der Waals surface area contributed by atoms with E-state index in [-0.39, 0.29) is 23.7 Å². The molecule has 0 radical (unpaired) electrons. The molecule has 1 unspecified atom stereocenters. The molecule has 0 saturated carbocycles. The summed E-state index contributed by atoms with van der Waals surface area (Å²) in [5.41, 5.74) is 2.30. The zero-order valence-electron chi connectivity index (χ0n) is 18.3.